The molecular formula is C8H17NiO3P. The minimum absolute atomic E-state index is 0. The molecule has 13 heavy (non-hydrogen) atoms. The Bertz CT molecular complexity index is 146. The Morgan fingerprint density at radius 3 is 1.92 bits per heavy atom. The van der Waals surface area contributed by atoms with E-state index in [2.05, 4.69) is 6.92 Å². The maximum Gasteiger partial charge on any atom is 2.00 e. The second kappa shape index (κ2) is 9.21. The molecule has 0 atom stereocenters. The number of unbranched alkanes of at least 4 members (excludes halogenated alkanes) is 5. The van der Waals surface area contributed by atoms with Gasteiger partial charge >= 0.3 is 16.5 Å². The summed E-state index contributed by atoms with van der Waals surface area (Å²) in [6.07, 6.45) is 5.82. The monoisotopic (exact) mass is 250 g/mol. The first kappa shape index (κ1) is 16.1. The number of hydrogen-bond donors (Lipinski definition) is 0. The van der Waals surface area contributed by atoms with Crippen LogP contribution in [0.1, 0.15) is 45.4 Å². The maximum absolute atomic E-state index is 10.2. The van der Waals surface area contributed by atoms with E-state index in [9.17, 15) is 14.4 Å². The number of hydrogen-bond acceptors (Lipinski definition) is 3. The first-order valence-electron chi connectivity index (χ1n) is 4.57. The largest absolute Gasteiger partial charge is 2.00 e. The summed E-state index contributed by atoms with van der Waals surface area (Å²) in [5.41, 5.74) is 0. The van der Waals surface area contributed by atoms with Crippen molar-refractivity contribution in [3.63, 3.8) is 0 Å². The molecule has 0 rings (SSSR count). The molecule has 0 amide bonds. The van der Waals surface area contributed by atoms with E-state index in [1.165, 1.54) is 12.8 Å². The maximum atomic E-state index is 10.2. The SMILES string of the molecule is CCCCCCCCP(=O)([O-])[O-].[Ni+2]. The third-order valence-corrected chi connectivity index (χ3v) is 2.65. The van der Waals surface area contributed by atoms with E-state index >= 15 is 0 Å². The molecule has 0 aliphatic heterocycles. The first-order chi connectivity index (χ1) is 5.56. The zero-order valence-electron chi connectivity index (χ0n) is 7.94. The Morgan fingerprint density at radius 1 is 1.00 bits per heavy atom. The van der Waals surface area contributed by atoms with Crippen LogP contribution in [0.25, 0.3) is 0 Å². The van der Waals surface area contributed by atoms with E-state index in [4.69, 9.17) is 0 Å². The van der Waals surface area contributed by atoms with Crippen molar-refractivity contribution in [1.29, 1.82) is 0 Å². The molecule has 0 bridgehead atoms. The fourth-order valence-corrected chi connectivity index (χ4v) is 1.70. The summed E-state index contributed by atoms with van der Waals surface area (Å²) in [6.45, 7) is 2.13. The van der Waals surface area contributed by atoms with E-state index < -0.39 is 7.60 Å². The summed E-state index contributed by atoms with van der Waals surface area (Å²) >= 11 is 0. The molecule has 0 fully saturated rings. The molecule has 0 saturated carbocycles. The van der Waals surface area contributed by atoms with Crippen molar-refractivity contribution in [2.75, 3.05) is 6.16 Å². The predicted molar refractivity (Wildman–Crippen MR) is 45.8 cm³/mol. The fourth-order valence-electron chi connectivity index (χ4n) is 1.09. The van der Waals surface area contributed by atoms with Crippen molar-refractivity contribution in [2.24, 2.45) is 0 Å². The topological polar surface area (TPSA) is 63.2 Å². The second-order valence-electron chi connectivity index (χ2n) is 3.10. The van der Waals surface area contributed by atoms with E-state index in [0.29, 0.717) is 6.42 Å². The summed E-state index contributed by atoms with van der Waals surface area (Å²) in [4.78, 5) is 20.4. The molecule has 5 heteroatoms. The van der Waals surface area contributed by atoms with Crippen molar-refractivity contribution in [3.8, 4) is 0 Å². The van der Waals surface area contributed by atoms with E-state index in [0.717, 1.165) is 19.3 Å². The zero-order chi connectivity index (χ0) is 9.45. The summed E-state index contributed by atoms with van der Waals surface area (Å²) in [7, 11) is -4.22. The molecule has 0 aromatic heterocycles. The molecule has 0 aromatic rings. The summed E-state index contributed by atoms with van der Waals surface area (Å²) in [6, 6.07) is 0. The van der Waals surface area contributed by atoms with Gasteiger partial charge in [0.2, 0.25) is 0 Å². The van der Waals surface area contributed by atoms with Gasteiger partial charge in [-0.25, -0.2) is 0 Å². The molecule has 0 N–H and O–H groups in total. The van der Waals surface area contributed by atoms with Crippen LogP contribution in [0.2, 0.25) is 0 Å². The molecule has 0 spiro atoms. The van der Waals surface area contributed by atoms with Crippen LogP contribution in [0, 0.1) is 0 Å². The van der Waals surface area contributed by atoms with Crippen molar-refractivity contribution in [3.05, 3.63) is 0 Å². The predicted octanol–water partition coefficient (Wildman–Crippen LogP) is 1.26. The molecule has 0 unspecified atom stereocenters. The van der Waals surface area contributed by atoms with Crippen LogP contribution < -0.4 is 9.79 Å². The minimum Gasteiger partial charge on any atom is -0.811 e. The Kier molecular flexibility index (Phi) is 11.4. The standard InChI is InChI=1S/C8H19O3P.Ni/c1-2-3-4-5-6-7-8-12(9,10)11;/h2-8H2,1H3,(H2,9,10,11);/q;+2/p-2. The van der Waals surface area contributed by atoms with E-state index in [1.54, 1.807) is 0 Å². The Labute approximate surface area is 90.4 Å². The van der Waals surface area contributed by atoms with Gasteiger partial charge in [-0.2, -0.15) is 0 Å². The van der Waals surface area contributed by atoms with Crippen molar-refractivity contribution in [1.82, 2.24) is 0 Å². The molecular weight excluding hydrogens is 234 g/mol. The zero-order valence-corrected chi connectivity index (χ0v) is 9.82. The average Bonchev–Trinajstić information content (AvgIpc) is 1.94. The van der Waals surface area contributed by atoms with Gasteiger partial charge in [0.1, 0.15) is 0 Å². The van der Waals surface area contributed by atoms with Crippen LogP contribution in [0.3, 0.4) is 0 Å². The quantitative estimate of drug-likeness (QED) is 0.388. The normalized spacial score (nSPS) is 11.0. The Balaban J connectivity index is 0. The van der Waals surface area contributed by atoms with Crippen LogP contribution in [-0.4, -0.2) is 6.16 Å². The number of rotatable bonds is 7. The molecule has 0 aromatic carbocycles. The second-order valence-corrected chi connectivity index (χ2v) is 4.77. The smallest absolute Gasteiger partial charge is 0.811 e. The van der Waals surface area contributed by atoms with Gasteiger partial charge in [-0.05, 0) is 12.6 Å². The molecule has 0 heterocycles. The van der Waals surface area contributed by atoms with Crippen LogP contribution in [0.15, 0.2) is 0 Å². The third kappa shape index (κ3) is 15.4. The van der Waals surface area contributed by atoms with Gasteiger partial charge in [-0.3, -0.25) is 0 Å². The van der Waals surface area contributed by atoms with Crippen molar-refractivity contribution < 1.29 is 30.8 Å². The van der Waals surface area contributed by atoms with Crippen LogP contribution in [0.5, 0.6) is 0 Å². The average molecular weight is 251 g/mol. The first-order valence-corrected chi connectivity index (χ1v) is 6.30. The van der Waals surface area contributed by atoms with E-state index in [1.807, 2.05) is 0 Å². The summed E-state index contributed by atoms with van der Waals surface area (Å²) in [5, 5.41) is 0. The van der Waals surface area contributed by atoms with Gasteiger partial charge in [0.05, 0.1) is 0 Å². The molecule has 0 radical (unpaired) electrons. The Morgan fingerprint density at radius 2 is 1.46 bits per heavy atom. The van der Waals surface area contributed by atoms with Gasteiger partial charge in [0.15, 0.2) is 0 Å². The van der Waals surface area contributed by atoms with Gasteiger partial charge in [-0.1, -0.05) is 46.6 Å². The van der Waals surface area contributed by atoms with Crippen molar-refractivity contribution in [2.45, 2.75) is 45.4 Å². The van der Waals surface area contributed by atoms with Gasteiger partial charge in [0.25, 0.3) is 0 Å². The molecule has 0 saturated heterocycles. The van der Waals surface area contributed by atoms with Gasteiger partial charge in [0, 0.05) is 0 Å². The third-order valence-electron chi connectivity index (χ3n) is 1.79. The van der Waals surface area contributed by atoms with E-state index in [-0.39, 0.29) is 22.7 Å². The molecule has 82 valence electrons. The molecule has 3 nitrogen and oxygen atoms in total. The minimum atomic E-state index is -4.22. The molecule has 0 aliphatic carbocycles. The van der Waals surface area contributed by atoms with Gasteiger partial charge in [-0.15, -0.1) is 0 Å². The van der Waals surface area contributed by atoms with Crippen LogP contribution in [-0.2, 0) is 21.1 Å². The Hall–Kier alpha value is 0.644. The van der Waals surface area contributed by atoms with Crippen LogP contribution >= 0.6 is 7.60 Å². The summed E-state index contributed by atoms with van der Waals surface area (Å²) < 4.78 is 10.2. The fraction of sp³-hybridized carbons (Fsp3) is 1.00. The van der Waals surface area contributed by atoms with Gasteiger partial charge < -0.3 is 14.4 Å². The summed E-state index contributed by atoms with van der Waals surface area (Å²) in [5.74, 6) is 0. The molecule has 0 aliphatic rings. The van der Waals surface area contributed by atoms with Crippen molar-refractivity contribution >= 4 is 7.60 Å². The van der Waals surface area contributed by atoms with Crippen LogP contribution in [0.4, 0.5) is 0 Å².